The Morgan fingerprint density at radius 3 is 2.48 bits per heavy atom. The van der Waals surface area contributed by atoms with Gasteiger partial charge in [0.15, 0.2) is 0 Å². The molecule has 1 aromatic rings. The Hall–Kier alpha value is -2.53. The van der Waals surface area contributed by atoms with Crippen molar-refractivity contribution in [3.05, 3.63) is 33.9 Å². The summed E-state index contributed by atoms with van der Waals surface area (Å²) in [5, 5.41) is 13.5. The zero-order valence-corrected chi connectivity index (χ0v) is 17.4. The standard InChI is InChI=1S/C18H25N3O7S/c1-12(2)28-17(22)11-19-18(23)14-6-8-20(9-7-14)29(26,27)16-10-15(21(24)25)5-4-13(16)3/h4-5,10,12,14H,6-9,11H2,1-3H3,(H,19,23). The number of non-ortho nitro benzene ring substituents is 1. The molecule has 0 spiro atoms. The molecule has 0 aromatic heterocycles. The molecule has 1 aliphatic heterocycles. The van der Waals surface area contributed by atoms with E-state index in [0.717, 1.165) is 6.07 Å². The van der Waals surface area contributed by atoms with Crippen LogP contribution in [-0.2, 0) is 24.3 Å². The summed E-state index contributed by atoms with van der Waals surface area (Å²) < 4.78 is 32.0. The van der Waals surface area contributed by atoms with Crippen molar-refractivity contribution in [2.45, 2.75) is 44.6 Å². The fraction of sp³-hybridized carbons (Fsp3) is 0.556. The van der Waals surface area contributed by atoms with Crippen molar-refractivity contribution in [1.29, 1.82) is 0 Å². The Morgan fingerprint density at radius 1 is 1.31 bits per heavy atom. The second-order valence-electron chi connectivity index (χ2n) is 7.14. The zero-order valence-electron chi connectivity index (χ0n) is 16.6. The molecule has 160 valence electrons. The van der Waals surface area contributed by atoms with Gasteiger partial charge in [0.05, 0.1) is 15.9 Å². The highest BCUT2D eigenvalue weighted by Crippen LogP contribution is 2.28. The number of benzene rings is 1. The summed E-state index contributed by atoms with van der Waals surface area (Å²) >= 11 is 0. The Bertz CT molecular complexity index is 891. The summed E-state index contributed by atoms with van der Waals surface area (Å²) in [5.74, 6) is -1.27. The number of rotatable bonds is 7. The predicted octanol–water partition coefficient (Wildman–Crippen LogP) is 1.37. The van der Waals surface area contributed by atoms with Gasteiger partial charge in [-0.15, -0.1) is 0 Å². The van der Waals surface area contributed by atoms with Gasteiger partial charge in [-0.3, -0.25) is 19.7 Å². The summed E-state index contributed by atoms with van der Waals surface area (Å²) in [6, 6.07) is 3.72. The number of piperidine rings is 1. The number of nitrogens with zero attached hydrogens (tertiary/aromatic N) is 2. The van der Waals surface area contributed by atoms with E-state index in [1.165, 1.54) is 16.4 Å². The van der Waals surface area contributed by atoms with Gasteiger partial charge in [-0.25, -0.2) is 8.42 Å². The minimum Gasteiger partial charge on any atom is -0.462 e. The predicted molar refractivity (Wildman–Crippen MR) is 104 cm³/mol. The molecular formula is C18H25N3O7S. The van der Waals surface area contributed by atoms with Crippen molar-refractivity contribution in [3.8, 4) is 0 Å². The van der Waals surface area contributed by atoms with E-state index < -0.39 is 26.8 Å². The van der Waals surface area contributed by atoms with Crippen LogP contribution in [-0.4, -0.2) is 55.3 Å². The Morgan fingerprint density at radius 2 is 1.93 bits per heavy atom. The molecule has 1 aromatic carbocycles. The molecule has 1 amide bonds. The molecule has 10 nitrogen and oxygen atoms in total. The molecule has 29 heavy (non-hydrogen) atoms. The van der Waals surface area contributed by atoms with E-state index in [-0.39, 0.29) is 55.1 Å². The van der Waals surface area contributed by atoms with Crippen molar-refractivity contribution in [3.63, 3.8) is 0 Å². The molecule has 1 heterocycles. The minimum atomic E-state index is -3.91. The van der Waals surface area contributed by atoms with E-state index in [1.54, 1.807) is 20.8 Å². The van der Waals surface area contributed by atoms with E-state index in [0.29, 0.717) is 5.56 Å². The lowest BCUT2D eigenvalue weighted by Crippen LogP contribution is -2.44. The van der Waals surface area contributed by atoms with Crippen LogP contribution in [0.25, 0.3) is 0 Å². The monoisotopic (exact) mass is 427 g/mol. The molecule has 1 N–H and O–H groups in total. The first-order valence-corrected chi connectivity index (χ1v) is 10.7. The lowest BCUT2D eigenvalue weighted by Gasteiger charge is -2.30. The van der Waals surface area contributed by atoms with Gasteiger partial charge in [0.2, 0.25) is 15.9 Å². The Labute approximate surface area is 169 Å². The number of ether oxygens (including phenoxy) is 1. The average molecular weight is 427 g/mol. The van der Waals surface area contributed by atoms with Gasteiger partial charge in [-0.2, -0.15) is 4.31 Å². The molecule has 0 aliphatic carbocycles. The maximum absolute atomic E-state index is 12.9. The molecule has 0 atom stereocenters. The molecule has 1 saturated heterocycles. The minimum absolute atomic E-state index is 0.106. The molecule has 0 saturated carbocycles. The maximum Gasteiger partial charge on any atom is 0.325 e. The number of nitrogens with one attached hydrogen (secondary N) is 1. The second kappa shape index (κ2) is 9.31. The van der Waals surface area contributed by atoms with Gasteiger partial charge >= 0.3 is 5.97 Å². The van der Waals surface area contributed by atoms with Crippen LogP contribution < -0.4 is 5.32 Å². The number of carbonyl (C=O) groups is 2. The lowest BCUT2D eigenvalue weighted by molar-refractivity contribution is -0.385. The van der Waals surface area contributed by atoms with Crippen molar-refractivity contribution in [2.24, 2.45) is 5.92 Å². The smallest absolute Gasteiger partial charge is 0.325 e. The fourth-order valence-corrected chi connectivity index (χ4v) is 4.80. The Balaban J connectivity index is 1.99. The molecule has 1 aliphatic rings. The third-order valence-electron chi connectivity index (χ3n) is 4.60. The molecule has 0 bridgehead atoms. The van der Waals surface area contributed by atoms with Gasteiger partial charge in [0, 0.05) is 31.1 Å². The average Bonchev–Trinajstić information content (AvgIpc) is 2.65. The van der Waals surface area contributed by atoms with Gasteiger partial charge < -0.3 is 10.1 Å². The Kier molecular flexibility index (Phi) is 7.31. The molecule has 0 unspecified atom stereocenters. The van der Waals surface area contributed by atoms with Gasteiger partial charge in [-0.1, -0.05) is 6.07 Å². The number of nitro benzene ring substituents is 1. The summed E-state index contributed by atoms with van der Waals surface area (Å²) in [6.07, 6.45) is 0.307. The number of aryl methyl sites for hydroxylation is 1. The fourth-order valence-electron chi connectivity index (χ4n) is 3.09. The number of nitro groups is 1. The number of esters is 1. The van der Waals surface area contributed by atoms with Gasteiger partial charge in [-0.05, 0) is 39.2 Å². The van der Waals surface area contributed by atoms with Gasteiger partial charge in [0.25, 0.3) is 5.69 Å². The maximum atomic E-state index is 12.9. The van der Waals surface area contributed by atoms with Crippen LogP contribution in [0.4, 0.5) is 5.69 Å². The third-order valence-corrected chi connectivity index (χ3v) is 6.64. The zero-order chi connectivity index (χ0) is 21.8. The number of sulfonamides is 1. The van der Waals surface area contributed by atoms with E-state index in [4.69, 9.17) is 4.74 Å². The molecule has 1 fully saturated rings. The highest BCUT2D eigenvalue weighted by Gasteiger charge is 2.33. The first kappa shape index (κ1) is 22.8. The summed E-state index contributed by atoms with van der Waals surface area (Å²) in [5.41, 5.74) is 0.121. The van der Waals surface area contributed by atoms with Crippen molar-refractivity contribution < 1.29 is 27.7 Å². The van der Waals surface area contributed by atoms with Crippen LogP contribution in [0, 0.1) is 23.0 Å². The topological polar surface area (TPSA) is 136 Å². The van der Waals surface area contributed by atoms with Crippen LogP contribution in [0.1, 0.15) is 32.3 Å². The molecular weight excluding hydrogens is 402 g/mol. The first-order chi connectivity index (χ1) is 13.5. The summed E-state index contributed by atoms with van der Waals surface area (Å²) in [4.78, 5) is 34.0. The number of carbonyl (C=O) groups excluding carboxylic acids is 2. The molecule has 0 radical (unpaired) electrons. The van der Waals surface area contributed by atoms with Crippen LogP contribution >= 0.6 is 0 Å². The molecule has 11 heteroatoms. The largest absolute Gasteiger partial charge is 0.462 e. The van der Waals surface area contributed by atoms with E-state index in [9.17, 15) is 28.1 Å². The highest BCUT2D eigenvalue weighted by atomic mass is 32.2. The summed E-state index contributed by atoms with van der Waals surface area (Å²) in [6.45, 7) is 4.98. The quantitative estimate of drug-likeness (QED) is 0.394. The van der Waals surface area contributed by atoms with Crippen LogP contribution in [0.5, 0.6) is 0 Å². The molecule has 2 rings (SSSR count). The van der Waals surface area contributed by atoms with Crippen LogP contribution in [0.15, 0.2) is 23.1 Å². The normalized spacial score (nSPS) is 15.9. The van der Waals surface area contributed by atoms with Gasteiger partial charge in [0.1, 0.15) is 6.54 Å². The van der Waals surface area contributed by atoms with Crippen molar-refractivity contribution >= 4 is 27.6 Å². The van der Waals surface area contributed by atoms with E-state index in [1.807, 2.05) is 0 Å². The van der Waals surface area contributed by atoms with Crippen LogP contribution in [0.3, 0.4) is 0 Å². The number of amides is 1. The van der Waals surface area contributed by atoms with E-state index in [2.05, 4.69) is 5.32 Å². The third kappa shape index (κ3) is 5.73. The van der Waals surface area contributed by atoms with Crippen LogP contribution in [0.2, 0.25) is 0 Å². The highest BCUT2D eigenvalue weighted by molar-refractivity contribution is 7.89. The second-order valence-corrected chi connectivity index (χ2v) is 9.05. The number of hydrogen-bond acceptors (Lipinski definition) is 7. The lowest BCUT2D eigenvalue weighted by atomic mass is 9.97. The van der Waals surface area contributed by atoms with E-state index >= 15 is 0 Å². The summed E-state index contributed by atoms with van der Waals surface area (Å²) in [7, 11) is -3.91. The van der Waals surface area contributed by atoms with Crippen molar-refractivity contribution in [1.82, 2.24) is 9.62 Å². The first-order valence-electron chi connectivity index (χ1n) is 9.24. The SMILES string of the molecule is Cc1ccc([N+](=O)[O-])cc1S(=O)(=O)N1CCC(C(=O)NCC(=O)OC(C)C)CC1. The van der Waals surface area contributed by atoms with Crippen molar-refractivity contribution in [2.75, 3.05) is 19.6 Å². The number of hydrogen-bond donors (Lipinski definition) is 1.